The maximum atomic E-state index is 13.9. The van der Waals surface area contributed by atoms with Crippen molar-refractivity contribution in [1.29, 1.82) is 0 Å². The van der Waals surface area contributed by atoms with Crippen LogP contribution in [0.2, 0.25) is 10.0 Å². The fourth-order valence-corrected chi connectivity index (χ4v) is 10.8. The van der Waals surface area contributed by atoms with Gasteiger partial charge in [0.1, 0.15) is 32.5 Å². The maximum Gasteiger partial charge on any atom is 0.253 e. The van der Waals surface area contributed by atoms with Gasteiger partial charge in [-0.2, -0.15) is 0 Å². The summed E-state index contributed by atoms with van der Waals surface area (Å²) in [5.41, 5.74) is -3.19. The second-order valence-corrected chi connectivity index (χ2v) is 20.2. The van der Waals surface area contributed by atoms with Crippen LogP contribution in [0.4, 0.5) is 34.1 Å². The summed E-state index contributed by atoms with van der Waals surface area (Å²) >= 11 is 13.8. The molecule has 6 N–H and O–H groups in total. The van der Waals surface area contributed by atoms with E-state index in [1.54, 1.807) is 19.1 Å². The average Bonchev–Trinajstić information content (AvgIpc) is 3.70. The molecule has 21 heteroatoms. The van der Waals surface area contributed by atoms with E-state index in [-0.39, 0.29) is 63.2 Å². The molecule has 0 radical (unpaired) electrons. The van der Waals surface area contributed by atoms with Crippen molar-refractivity contribution in [2.24, 2.45) is 0 Å². The molecule has 61 heavy (non-hydrogen) atoms. The number of thiophene rings is 1. The van der Waals surface area contributed by atoms with Gasteiger partial charge in [0.15, 0.2) is 11.5 Å². The molecule has 0 aliphatic rings. The number of hydrogen-bond acceptors (Lipinski definition) is 15. The number of hydrogen-bond donors (Lipinski definition) is 6. The molecule has 0 unspecified atom stereocenters. The van der Waals surface area contributed by atoms with E-state index >= 15 is 0 Å². The second kappa shape index (κ2) is 17.6. The zero-order chi connectivity index (χ0) is 44.7. The van der Waals surface area contributed by atoms with Crippen LogP contribution in [-0.2, 0) is 26.5 Å². The molecular weight excluding hydrogens is 892 g/mol. The first-order valence-corrected chi connectivity index (χ1v) is 22.9. The first-order chi connectivity index (χ1) is 28.7. The number of phenols is 2. The van der Waals surface area contributed by atoms with E-state index in [0.29, 0.717) is 6.42 Å². The molecule has 0 saturated carbocycles. The first-order valence-electron chi connectivity index (χ1n) is 18.5. The van der Waals surface area contributed by atoms with Gasteiger partial charge in [-0.15, -0.1) is 11.3 Å². The highest BCUT2D eigenvalue weighted by Crippen LogP contribution is 2.42. The Balaban J connectivity index is 1.14. The van der Waals surface area contributed by atoms with Gasteiger partial charge >= 0.3 is 0 Å². The number of nitrogens with one attached hydrogen (secondary N) is 4. The van der Waals surface area contributed by atoms with Gasteiger partial charge in [-0.1, -0.05) is 60.5 Å². The topological polar surface area (TPSA) is 232 Å². The van der Waals surface area contributed by atoms with Crippen LogP contribution in [-0.4, -0.2) is 63.3 Å². The third-order valence-corrected chi connectivity index (χ3v) is 15.9. The summed E-state index contributed by atoms with van der Waals surface area (Å²) in [6.45, 7) is 3.60. The van der Waals surface area contributed by atoms with Crippen molar-refractivity contribution in [3.05, 3.63) is 133 Å². The van der Waals surface area contributed by atoms with Crippen LogP contribution in [0.15, 0.2) is 95.7 Å². The summed E-state index contributed by atoms with van der Waals surface area (Å²) in [6, 6.07) is 17.0. The van der Waals surface area contributed by atoms with Crippen LogP contribution in [0.25, 0.3) is 0 Å². The minimum atomic E-state index is -4.42. The highest BCUT2D eigenvalue weighted by molar-refractivity contribution is 7.89. The molecule has 0 saturated heterocycles. The zero-order valence-corrected chi connectivity index (χ0v) is 37.1. The number of nitrogens with zero attached hydrogens (tertiary/aromatic N) is 2. The molecule has 6 rings (SSSR count). The molecule has 1 heterocycles. The van der Waals surface area contributed by atoms with E-state index in [1.165, 1.54) is 56.7 Å². The molecule has 16 nitrogen and oxygen atoms in total. The monoisotopic (exact) mass is 930 g/mol. The number of anilines is 6. The van der Waals surface area contributed by atoms with E-state index in [9.17, 15) is 46.2 Å². The second-order valence-electron chi connectivity index (χ2n) is 14.2. The van der Waals surface area contributed by atoms with Gasteiger partial charge in [-0.05, 0) is 61.7 Å². The van der Waals surface area contributed by atoms with Crippen LogP contribution in [0.5, 0.6) is 11.5 Å². The van der Waals surface area contributed by atoms with Crippen molar-refractivity contribution >= 4 is 88.7 Å². The number of benzene rings is 3. The van der Waals surface area contributed by atoms with Crippen LogP contribution in [0.3, 0.4) is 0 Å². The number of aromatic hydroxyl groups is 2. The molecule has 0 aliphatic carbocycles. The predicted octanol–water partition coefficient (Wildman–Crippen LogP) is 6.00. The molecule has 0 aliphatic heterocycles. The Labute approximate surface area is 364 Å². The number of sulfonamides is 2. The molecule has 5 aromatic carbocycles. The Morgan fingerprint density at radius 3 is 1.67 bits per heavy atom. The van der Waals surface area contributed by atoms with Crippen molar-refractivity contribution in [3.8, 4) is 11.5 Å². The van der Waals surface area contributed by atoms with E-state index in [0.717, 1.165) is 23.9 Å². The normalized spacial score (nSPS) is 13.2. The summed E-state index contributed by atoms with van der Waals surface area (Å²) in [5, 5.41) is 33.0. The lowest BCUT2D eigenvalue weighted by Crippen LogP contribution is -2.37. The van der Waals surface area contributed by atoms with Crippen LogP contribution in [0, 0.1) is 0 Å². The highest BCUT2D eigenvalue weighted by atomic mass is 35.5. The predicted molar refractivity (Wildman–Crippen MR) is 239 cm³/mol. The third kappa shape index (κ3) is 8.63. The van der Waals surface area contributed by atoms with Gasteiger partial charge in [0, 0.05) is 43.5 Å². The van der Waals surface area contributed by atoms with E-state index in [2.05, 4.69) is 21.3 Å². The number of likely N-dealkylation sites (N-methyl/N-ethyl adjacent to an activating group) is 1. The number of rotatable bonds is 18. The smallest absolute Gasteiger partial charge is 0.253 e. The molecular formula is C40H40Cl2N6O10S3. The molecule has 0 amide bonds. The molecule has 322 valence electrons. The Hall–Kier alpha value is -5.28. The zero-order valence-electron chi connectivity index (χ0n) is 33.2. The van der Waals surface area contributed by atoms with Crippen molar-refractivity contribution in [2.45, 2.75) is 48.6 Å². The Bertz CT molecular complexity index is 3010. The van der Waals surface area contributed by atoms with Gasteiger partial charge in [-0.25, -0.2) is 25.4 Å². The fraction of sp³-hybridized carbons (Fsp3) is 0.250. The standard InChI is InChI=1S/C40H40Cl2N6O10S3/c1-6-25(44-31-32(38(54)37(31)53)46-26-15-13-23(41)39(33(26)49)60(55,56)47(3)4)28-17-12-22(59-28)18-19-48(5)61(57,58)40-24(42)14-16-27(34(40)50)45-30-29(35(51)36(30)52)43-20(2)21-10-8-7-9-11-21/h7-17,20,25,43-46,49-50H,6,18-19H2,1-5H3/t20-,25-/m1/s1. The van der Waals surface area contributed by atoms with E-state index in [4.69, 9.17) is 23.2 Å². The van der Waals surface area contributed by atoms with Crippen molar-refractivity contribution in [2.75, 3.05) is 49.0 Å². The number of phenolic OH excluding ortho intramolecular Hbond substituents is 2. The average molecular weight is 932 g/mol. The quantitative estimate of drug-likeness (QED) is 0.0429. The van der Waals surface area contributed by atoms with Gasteiger partial charge in [0.25, 0.3) is 21.7 Å². The van der Waals surface area contributed by atoms with Gasteiger partial charge in [-0.3, -0.25) is 19.2 Å². The fourth-order valence-electron chi connectivity index (χ4n) is 6.38. The molecule has 0 fully saturated rings. The summed E-state index contributed by atoms with van der Waals surface area (Å²) in [4.78, 5) is 50.8. The molecule has 0 spiro atoms. The van der Waals surface area contributed by atoms with Crippen LogP contribution >= 0.6 is 34.5 Å². The van der Waals surface area contributed by atoms with Crippen molar-refractivity contribution in [3.63, 3.8) is 0 Å². The first kappa shape index (κ1) is 45.3. The summed E-state index contributed by atoms with van der Waals surface area (Å²) in [6.07, 6.45) is 0.679. The van der Waals surface area contributed by atoms with Gasteiger partial charge in [0.2, 0.25) is 20.0 Å². The molecule has 1 aromatic heterocycles. The summed E-state index contributed by atoms with van der Waals surface area (Å²) < 4.78 is 55.2. The van der Waals surface area contributed by atoms with E-state index < -0.39 is 69.1 Å². The lowest BCUT2D eigenvalue weighted by Gasteiger charge is -2.22. The molecule has 6 aromatic rings. The van der Waals surface area contributed by atoms with Crippen molar-refractivity contribution < 1.29 is 27.0 Å². The van der Waals surface area contributed by atoms with E-state index in [1.807, 2.05) is 37.3 Å². The molecule has 0 bridgehead atoms. The third-order valence-electron chi connectivity index (χ3n) is 10.0. The Morgan fingerprint density at radius 2 is 1.16 bits per heavy atom. The minimum absolute atomic E-state index is 0.0123. The lowest BCUT2D eigenvalue weighted by molar-refractivity contribution is 0.444. The molecule has 2 atom stereocenters. The van der Waals surface area contributed by atoms with Crippen LogP contribution < -0.4 is 43.0 Å². The maximum absolute atomic E-state index is 13.9. The summed E-state index contributed by atoms with van der Waals surface area (Å²) in [5.74, 6) is -1.48. The lowest BCUT2D eigenvalue weighted by atomic mass is 10.1. The largest absolute Gasteiger partial charge is 0.504 e. The van der Waals surface area contributed by atoms with Gasteiger partial charge < -0.3 is 31.5 Å². The highest BCUT2D eigenvalue weighted by Gasteiger charge is 2.32. The minimum Gasteiger partial charge on any atom is -0.504 e. The van der Waals surface area contributed by atoms with Gasteiger partial charge in [0.05, 0.1) is 27.5 Å². The number of halogens is 2. The Morgan fingerprint density at radius 1 is 0.672 bits per heavy atom. The van der Waals surface area contributed by atoms with Crippen molar-refractivity contribution in [1.82, 2.24) is 8.61 Å². The summed E-state index contributed by atoms with van der Waals surface area (Å²) in [7, 11) is -4.77. The SMILES string of the molecule is CC[C@@H](Nc1c(Nc2ccc(Cl)c(S(=O)(=O)N(C)C)c2O)c(=O)c1=O)c1ccc(CCN(C)S(=O)(=O)c2c(Cl)ccc(Nc3c(N[C@H](C)c4ccccc4)c(=O)c3=O)c2O)s1. The van der Waals surface area contributed by atoms with Crippen LogP contribution in [0.1, 0.15) is 47.7 Å². The Kier molecular flexibility index (Phi) is 13.1.